The van der Waals surface area contributed by atoms with E-state index in [-0.39, 0.29) is 11.9 Å². The zero-order valence-electron chi connectivity index (χ0n) is 11.8. The van der Waals surface area contributed by atoms with E-state index < -0.39 is 0 Å². The van der Waals surface area contributed by atoms with Crippen molar-refractivity contribution in [1.29, 1.82) is 0 Å². The number of hydrogen-bond donors (Lipinski definition) is 1. The Morgan fingerprint density at radius 2 is 1.90 bits per heavy atom. The Bertz CT molecular complexity index is 632. The van der Waals surface area contributed by atoms with Gasteiger partial charge in [0.15, 0.2) is 0 Å². The van der Waals surface area contributed by atoms with E-state index >= 15 is 0 Å². The second-order valence-corrected chi connectivity index (χ2v) is 5.73. The van der Waals surface area contributed by atoms with Crippen LogP contribution in [-0.2, 0) is 6.54 Å². The molecular formula is C16H16Cl2FNO. The second kappa shape index (κ2) is 7.12. The molecule has 0 aliphatic heterocycles. The van der Waals surface area contributed by atoms with Crippen molar-refractivity contribution in [3.8, 4) is 11.5 Å². The molecule has 112 valence electrons. The van der Waals surface area contributed by atoms with Crippen LogP contribution in [0.4, 0.5) is 4.39 Å². The van der Waals surface area contributed by atoms with Crippen LogP contribution >= 0.6 is 23.2 Å². The van der Waals surface area contributed by atoms with E-state index in [1.165, 1.54) is 12.1 Å². The first kappa shape index (κ1) is 16.1. The van der Waals surface area contributed by atoms with Crippen molar-refractivity contribution < 1.29 is 9.13 Å². The highest BCUT2D eigenvalue weighted by atomic mass is 35.5. The summed E-state index contributed by atoms with van der Waals surface area (Å²) in [6.07, 6.45) is 0. The van der Waals surface area contributed by atoms with Crippen LogP contribution in [0.5, 0.6) is 11.5 Å². The van der Waals surface area contributed by atoms with Gasteiger partial charge < -0.3 is 10.1 Å². The average Bonchev–Trinajstić information content (AvgIpc) is 2.43. The first-order valence-corrected chi connectivity index (χ1v) is 7.36. The molecule has 0 spiro atoms. The fourth-order valence-corrected chi connectivity index (χ4v) is 2.11. The van der Waals surface area contributed by atoms with Crippen LogP contribution in [0.25, 0.3) is 0 Å². The predicted molar refractivity (Wildman–Crippen MR) is 84.9 cm³/mol. The second-order valence-electron chi connectivity index (χ2n) is 4.94. The molecule has 2 aromatic carbocycles. The van der Waals surface area contributed by atoms with Gasteiger partial charge in [0.05, 0.1) is 5.02 Å². The van der Waals surface area contributed by atoms with Gasteiger partial charge in [0.1, 0.15) is 22.3 Å². The zero-order chi connectivity index (χ0) is 15.4. The summed E-state index contributed by atoms with van der Waals surface area (Å²) in [7, 11) is 0. The molecule has 0 bridgehead atoms. The number of rotatable bonds is 5. The monoisotopic (exact) mass is 327 g/mol. The predicted octanol–water partition coefficient (Wildman–Crippen LogP) is 5.42. The molecule has 0 aliphatic rings. The summed E-state index contributed by atoms with van der Waals surface area (Å²) in [5, 5.41) is 3.99. The largest absolute Gasteiger partial charge is 0.455 e. The van der Waals surface area contributed by atoms with Crippen molar-refractivity contribution >= 4 is 23.2 Å². The first-order chi connectivity index (χ1) is 9.97. The molecule has 0 saturated heterocycles. The lowest BCUT2D eigenvalue weighted by Gasteiger charge is -2.14. The van der Waals surface area contributed by atoms with Crippen LogP contribution in [-0.4, -0.2) is 6.04 Å². The summed E-state index contributed by atoms with van der Waals surface area (Å²) in [5.74, 6) is 0.690. The molecule has 21 heavy (non-hydrogen) atoms. The molecule has 2 nitrogen and oxygen atoms in total. The minimum Gasteiger partial charge on any atom is -0.455 e. The van der Waals surface area contributed by atoms with Gasteiger partial charge in [0, 0.05) is 18.2 Å². The van der Waals surface area contributed by atoms with Crippen molar-refractivity contribution in [2.75, 3.05) is 0 Å². The van der Waals surface area contributed by atoms with E-state index in [4.69, 9.17) is 27.9 Å². The zero-order valence-corrected chi connectivity index (χ0v) is 13.3. The van der Waals surface area contributed by atoms with Gasteiger partial charge >= 0.3 is 0 Å². The van der Waals surface area contributed by atoms with Crippen LogP contribution in [0.1, 0.15) is 19.4 Å². The van der Waals surface area contributed by atoms with Gasteiger partial charge in [-0.1, -0.05) is 43.1 Å². The lowest BCUT2D eigenvalue weighted by atomic mass is 10.2. The summed E-state index contributed by atoms with van der Waals surface area (Å²) in [5.41, 5.74) is 0.722. The minimum atomic E-state index is -0.305. The summed E-state index contributed by atoms with van der Waals surface area (Å²) in [4.78, 5) is 0. The molecule has 0 unspecified atom stereocenters. The van der Waals surface area contributed by atoms with Gasteiger partial charge in [-0.3, -0.25) is 0 Å². The standard InChI is InChI=1S/C16H16Cl2FNO/c1-10(2)20-9-11-8-12(19)6-7-14(11)21-15-5-3-4-13(17)16(15)18/h3-8,10,20H,9H2,1-2H3. The molecule has 0 aliphatic carbocycles. The molecule has 2 rings (SSSR count). The summed E-state index contributed by atoms with van der Waals surface area (Å²) >= 11 is 12.1. The Kier molecular flexibility index (Phi) is 5.45. The van der Waals surface area contributed by atoms with E-state index in [9.17, 15) is 4.39 Å². The van der Waals surface area contributed by atoms with Crippen LogP contribution in [0.2, 0.25) is 10.0 Å². The quantitative estimate of drug-likeness (QED) is 0.791. The van der Waals surface area contributed by atoms with Crippen LogP contribution in [0, 0.1) is 5.82 Å². The number of halogens is 3. The van der Waals surface area contributed by atoms with E-state index in [0.29, 0.717) is 28.1 Å². The van der Waals surface area contributed by atoms with Crippen molar-refractivity contribution in [2.45, 2.75) is 26.4 Å². The molecule has 1 N–H and O–H groups in total. The molecule has 2 aromatic rings. The van der Waals surface area contributed by atoms with Gasteiger partial charge in [-0.15, -0.1) is 0 Å². The highest BCUT2D eigenvalue weighted by Crippen LogP contribution is 2.35. The third-order valence-corrected chi connectivity index (χ3v) is 3.66. The first-order valence-electron chi connectivity index (χ1n) is 6.61. The number of nitrogens with one attached hydrogen (secondary N) is 1. The Morgan fingerprint density at radius 1 is 1.14 bits per heavy atom. The lowest BCUT2D eigenvalue weighted by Crippen LogP contribution is -2.22. The number of benzene rings is 2. The molecule has 0 aromatic heterocycles. The van der Waals surface area contributed by atoms with E-state index in [1.807, 2.05) is 13.8 Å². The lowest BCUT2D eigenvalue weighted by molar-refractivity contribution is 0.467. The van der Waals surface area contributed by atoms with Gasteiger partial charge in [0.2, 0.25) is 0 Å². The molecule has 0 radical (unpaired) electrons. The highest BCUT2D eigenvalue weighted by Gasteiger charge is 2.11. The molecule has 0 atom stereocenters. The third-order valence-electron chi connectivity index (χ3n) is 2.86. The Labute approximate surface area is 133 Å². The maximum atomic E-state index is 13.4. The molecule has 0 fully saturated rings. The SMILES string of the molecule is CC(C)NCc1cc(F)ccc1Oc1cccc(Cl)c1Cl. The van der Waals surface area contributed by atoms with Crippen molar-refractivity contribution in [3.63, 3.8) is 0 Å². The number of hydrogen-bond acceptors (Lipinski definition) is 2. The average molecular weight is 328 g/mol. The summed E-state index contributed by atoms with van der Waals surface area (Å²) in [6, 6.07) is 9.83. The van der Waals surface area contributed by atoms with E-state index in [0.717, 1.165) is 5.56 Å². The molecular weight excluding hydrogens is 312 g/mol. The van der Waals surface area contributed by atoms with Crippen molar-refractivity contribution in [1.82, 2.24) is 5.32 Å². The van der Waals surface area contributed by atoms with Gasteiger partial charge in [-0.2, -0.15) is 0 Å². The van der Waals surface area contributed by atoms with Gasteiger partial charge in [-0.05, 0) is 30.3 Å². The minimum absolute atomic E-state index is 0.288. The molecule has 0 heterocycles. The molecule has 0 saturated carbocycles. The summed E-state index contributed by atoms with van der Waals surface area (Å²) in [6.45, 7) is 4.55. The third kappa shape index (κ3) is 4.34. The van der Waals surface area contributed by atoms with Crippen LogP contribution in [0.3, 0.4) is 0 Å². The Balaban J connectivity index is 2.28. The van der Waals surface area contributed by atoms with Gasteiger partial charge in [-0.25, -0.2) is 4.39 Å². The van der Waals surface area contributed by atoms with Gasteiger partial charge in [0.25, 0.3) is 0 Å². The normalized spacial score (nSPS) is 11.0. The van der Waals surface area contributed by atoms with Crippen LogP contribution < -0.4 is 10.1 Å². The van der Waals surface area contributed by atoms with E-state index in [2.05, 4.69) is 5.32 Å². The molecule has 5 heteroatoms. The van der Waals surface area contributed by atoms with Crippen molar-refractivity contribution in [3.05, 3.63) is 57.8 Å². The fraction of sp³-hybridized carbons (Fsp3) is 0.250. The summed E-state index contributed by atoms with van der Waals surface area (Å²) < 4.78 is 19.2. The maximum Gasteiger partial charge on any atom is 0.147 e. The maximum absolute atomic E-state index is 13.4. The Hall–Kier alpha value is -1.29. The molecule has 0 amide bonds. The van der Waals surface area contributed by atoms with Crippen LogP contribution in [0.15, 0.2) is 36.4 Å². The van der Waals surface area contributed by atoms with E-state index in [1.54, 1.807) is 24.3 Å². The fourth-order valence-electron chi connectivity index (χ4n) is 1.78. The van der Waals surface area contributed by atoms with Crippen molar-refractivity contribution in [2.24, 2.45) is 0 Å². The topological polar surface area (TPSA) is 21.3 Å². The highest BCUT2D eigenvalue weighted by molar-refractivity contribution is 6.42. The number of ether oxygens (including phenoxy) is 1. The smallest absolute Gasteiger partial charge is 0.147 e. The Morgan fingerprint density at radius 3 is 2.62 bits per heavy atom.